The standard InChI is InChI=1S/C16H27O6P/c1-6-20-16(18)14-12(11(4)5)9-10-13(15(14)17)23(19,21-7-2)22-8-3/h10-12,14H,6-9H2,1-5H3/t12-,14-/m0/s1. The number of carbonyl (C=O) groups is 2. The number of ether oxygens (including phenoxy) is 1. The van der Waals surface area contributed by atoms with E-state index in [9.17, 15) is 14.2 Å². The fourth-order valence-corrected chi connectivity index (χ4v) is 4.54. The fraction of sp³-hybridized carbons (Fsp3) is 0.750. The van der Waals surface area contributed by atoms with Gasteiger partial charge in [0.05, 0.1) is 19.8 Å². The van der Waals surface area contributed by atoms with Crippen LogP contribution in [0.15, 0.2) is 11.4 Å². The predicted molar refractivity (Wildman–Crippen MR) is 87.0 cm³/mol. The van der Waals surface area contributed by atoms with Gasteiger partial charge in [0, 0.05) is 0 Å². The molecule has 1 aliphatic carbocycles. The van der Waals surface area contributed by atoms with Crippen LogP contribution in [0.25, 0.3) is 0 Å². The Kier molecular flexibility index (Phi) is 7.65. The Hall–Kier alpha value is -0.970. The predicted octanol–water partition coefficient (Wildman–Crippen LogP) is 3.56. The zero-order valence-corrected chi connectivity index (χ0v) is 15.4. The Labute approximate surface area is 138 Å². The second-order valence-electron chi connectivity index (χ2n) is 5.66. The summed E-state index contributed by atoms with van der Waals surface area (Å²) in [4.78, 5) is 25.1. The Morgan fingerprint density at radius 3 is 2.22 bits per heavy atom. The number of ketones is 1. The first-order valence-electron chi connectivity index (χ1n) is 8.12. The summed E-state index contributed by atoms with van der Waals surface area (Å²) in [7, 11) is -3.70. The molecule has 0 fully saturated rings. The molecule has 0 heterocycles. The van der Waals surface area contributed by atoms with Gasteiger partial charge in [0.15, 0.2) is 5.78 Å². The number of hydrogen-bond donors (Lipinski definition) is 0. The monoisotopic (exact) mass is 346 g/mol. The van der Waals surface area contributed by atoms with E-state index in [1.54, 1.807) is 26.8 Å². The van der Waals surface area contributed by atoms with Crippen LogP contribution in [0.5, 0.6) is 0 Å². The average molecular weight is 346 g/mol. The van der Waals surface area contributed by atoms with Crippen molar-refractivity contribution in [1.29, 1.82) is 0 Å². The maximum Gasteiger partial charge on any atom is 0.364 e. The van der Waals surface area contributed by atoms with Crippen molar-refractivity contribution in [2.24, 2.45) is 17.8 Å². The smallest absolute Gasteiger partial charge is 0.364 e. The number of allylic oxidation sites excluding steroid dienone is 2. The lowest BCUT2D eigenvalue weighted by molar-refractivity contribution is -0.154. The van der Waals surface area contributed by atoms with Crippen molar-refractivity contribution in [2.75, 3.05) is 19.8 Å². The van der Waals surface area contributed by atoms with E-state index in [4.69, 9.17) is 13.8 Å². The van der Waals surface area contributed by atoms with Crippen molar-refractivity contribution in [3.8, 4) is 0 Å². The molecule has 6 nitrogen and oxygen atoms in total. The van der Waals surface area contributed by atoms with Crippen molar-refractivity contribution in [3.63, 3.8) is 0 Å². The van der Waals surface area contributed by atoms with Gasteiger partial charge >= 0.3 is 13.6 Å². The molecule has 0 spiro atoms. The van der Waals surface area contributed by atoms with Crippen LogP contribution in [0, 0.1) is 17.8 Å². The second kappa shape index (κ2) is 8.76. The second-order valence-corrected chi connectivity index (χ2v) is 7.65. The molecular formula is C16H27O6P. The molecule has 0 unspecified atom stereocenters. The van der Waals surface area contributed by atoms with Crippen LogP contribution in [-0.2, 0) is 27.9 Å². The van der Waals surface area contributed by atoms with E-state index < -0.39 is 25.3 Å². The normalized spacial score (nSPS) is 22.2. The zero-order chi connectivity index (χ0) is 17.6. The largest absolute Gasteiger partial charge is 0.465 e. The molecule has 1 rings (SSSR count). The van der Waals surface area contributed by atoms with Crippen molar-refractivity contribution in [2.45, 2.75) is 41.0 Å². The number of esters is 1. The molecule has 0 aromatic rings. The first kappa shape index (κ1) is 20.1. The van der Waals surface area contributed by atoms with Crippen LogP contribution in [0.4, 0.5) is 0 Å². The molecular weight excluding hydrogens is 319 g/mol. The van der Waals surface area contributed by atoms with Crippen molar-refractivity contribution < 1.29 is 27.9 Å². The van der Waals surface area contributed by atoms with Crippen molar-refractivity contribution >= 4 is 19.3 Å². The Balaban J connectivity index is 3.23. The molecule has 23 heavy (non-hydrogen) atoms. The van der Waals surface area contributed by atoms with Gasteiger partial charge in [-0.05, 0) is 39.0 Å². The lowest BCUT2D eigenvalue weighted by atomic mass is 9.75. The summed E-state index contributed by atoms with van der Waals surface area (Å²) in [5, 5.41) is -0.0175. The van der Waals surface area contributed by atoms with Gasteiger partial charge in [-0.1, -0.05) is 19.9 Å². The van der Waals surface area contributed by atoms with E-state index in [2.05, 4.69) is 0 Å². The third-order valence-electron chi connectivity index (χ3n) is 3.84. The van der Waals surface area contributed by atoms with Gasteiger partial charge in [0.2, 0.25) is 0 Å². The average Bonchev–Trinajstić information content (AvgIpc) is 2.47. The van der Waals surface area contributed by atoms with Crippen LogP contribution in [-0.4, -0.2) is 31.6 Å². The molecule has 0 aromatic heterocycles. The fourth-order valence-electron chi connectivity index (χ4n) is 2.77. The summed E-state index contributed by atoms with van der Waals surface area (Å²) in [6.45, 7) is 9.46. The van der Waals surface area contributed by atoms with Crippen molar-refractivity contribution in [1.82, 2.24) is 0 Å². The lowest BCUT2D eigenvalue weighted by Crippen LogP contribution is -2.39. The zero-order valence-electron chi connectivity index (χ0n) is 14.5. The molecule has 132 valence electrons. The summed E-state index contributed by atoms with van der Waals surface area (Å²) < 4.78 is 28.5. The molecule has 0 amide bonds. The first-order valence-corrected chi connectivity index (χ1v) is 9.67. The highest BCUT2D eigenvalue weighted by molar-refractivity contribution is 7.60. The van der Waals surface area contributed by atoms with Crippen LogP contribution in [0.2, 0.25) is 0 Å². The first-order chi connectivity index (χ1) is 10.8. The van der Waals surface area contributed by atoms with Gasteiger partial charge in [-0.15, -0.1) is 0 Å². The van der Waals surface area contributed by atoms with Gasteiger partial charge in [-0.2, -0.15) is 0 Å². The maximum atomic E-state index is 12.9. The summed E-state index contributed by atoms with van der Waals surface area (Å²) in [6.07, 6.45) is 2.07. The minimum absolute atomic E-state index is 0.0175. The van der Waals surface area contributed by atoms with Crippen LogP contribution < -0.4 is 0 Å². The van der Waals surface area contributed by atoms with E-state index in [1.807, 2.05) is 13.8 Å². The topological polar surface area (TPSA) is 78.9 Å². The Morgan fingerprint density at radius 1 is 1.22 bits per heavy atom. The summed E-state index contributed by atoms with van der Waals surface area (Å²) >= 11 is 0. The summed E-state index contributed by atoms with van der Waals surface area (Å²) in [5.41, 5.74) is 0. The third-order valence-corrected chi connectivity index (χ3v) is 6.03. The SMILES string of the molecule is CCOC(=O)[C@@H]1C(=O)C(P(=O)(OCC)OCC)=CC[C@H]1C(C)C. The van der Waals surface area contributed by atoms with E-state index in [0.717, 1.165) is 0 Å². The van der Waals surface area contributed by atoms with E-state index in [-0.39, 0.29) is 37.0 Å². The van der Waals surface area contributed by atoms with Crippen LogP contribution >= 0.6 is 7.60 Å². The third kappa shape index (κ3) is 4.52. The highest BCUT2D eigenvalue weighted by atomic mass is 31.2. The highest BCUT2D eigenvalue weighted by Gasteiger charge is 2.47. The van der Waals surface area contributed by atoms with Crippen molar-refractivity contribution in [3.05, 3.63) is 11.4 Å². The van der Waals surface area contributed by atoms with Gasteiger partial charge in [0.25, 0.3) is 0 Å². The summed E-state index contributed by atoms with van der Waals surface area (Å²) in [5.74, 6) is -2.09. The van der Waals surface area contributed by atoms with Gasteiger partial charge < -0.3 is 13.8 Å². The van der Waals surface area contributed by atoms with Gasteiger partial charge in [-0.3, -0.25) is 14.2 Å². The van der Waals surface area contributed by atoms with E-state index in [0.29, 0.717) is 6.42 Å². The molecule has 0 radical (unpaired) electrons. The van der Waals surface area contributed by atoms with Gasteiger partial charge in [0.1, 0.15) is 11.2 Å². The molecule has 0 bridgehead atoms. The molecule has 2 atom stereocenters. The van der Waals surface area contributed by atoms with Crippen LogP contribution in [0.3, 0.4) is 0 Å². The van der Waals surface area contributed by atoms with E-state index in [1.165, 1.54) is 0 Å². The molecule has 1 aliphatic rings. The summed E-state index contributed by atoms with van der Waals surface area (Å²) in [6, 6.07) is 0. The quantitative estimate of drug-likeness (QED) is 0.380. The molecule has 0 aromatic carbocycles. The van der Waals surface area contributed by atoms with Crippen LogP contribution in [0.1, 0.15) is 41.0 Å². The number of rotatable bonds is 8. The minimum atomic E-state index is -3.70. The Bertz CT molecular complexity index is 501. The minimum Gasteiger partial charge on any atom is -0.465 e. The highest BCUT2D eigenvalue weighted by Crippen LogP contribution is 2.59. The lowest BCUT2D eigenvalue weighted by Gasteiger charge is -2.32. The molecule has 0 N–H and O–H groups in total. The Morgan fingerprint density at radius 2 is 1.78 bits per heavy atom. The molecule has 7 heteroatoms. The molecule has 0 aliphatic heterocycles. The van der Waals surface area contributed by atoms with E-state index >= 15 is 0 Å². The number of hydrogen-bond acceptors (Lipinski definition) is 6. The number of carbonyl (C=O) groups excluding carboxylic acids is 2. The molecule has 0 saturated heterocycles. The number of Topliss-reactive ketones (excluding diaryl/α,β-unsaturated/α-hetero) is 1. The maximum absolute atomic E-state index is 12.9. The van der Waals surface area contributed by atoms with Gasteiger partial charge in [-0.25, -0.2) is 0 Å². The molecule has 0 saturated carbocycles.